The Labute approximate surface area is 368 Å². The van der Waals surface area contributed by atoms with Gasteiger partial charge < -0.3 is 14.8 Å². The summed E-state index contributed by atoms with van der Waals surface area (Å²) in [5.74, 6) is 0. The summed E-state index contributed by atoms with van der Waals surface area (Å²) in [5.41, 5.74) is 18.4. The van der Waals surface area contributed by atoms with Gasteiger partial charge in [0.15, 0.2) is 7.28 Å². The highest BCUT2D eigenvalue weighted by molar-refractivity contribution is 7.26. The Morgan fingerprint density at radius 3 is 1.97 bits per heavy atom. The molecular formula is C57H47BN3S. The van der Waals surface area contributed by atoms with Gasteiger partial charge in [-0.3, -0.25) is 0 Å². The molecule has 2 aliphatic rings. The van der Waals surface area contributed by atoms with Crippen molar-refractivity contribution in [2.24, 2.45) is 0 Å². The largest absolute Gasteiger partial charge is 0.355 e. The minimum absolute atomic E-state index is 0.0432. The Kier molecular flexibility index (Phi) is 8.24. The molecule has 3 heterocycles. The summed E-state index contributed by atoms with van der Waals surface area (Å²) in [4.78, 5) is 2.49. The first kappa shape index (κ1) is 37.2. The van der Waals surface area contributed by atoms with E-state index >= 15 is 0 Å². The number of hydrogen-bond donors (Lipinski definition) is 1. The zero-order valence-corrected chi connectivity index (χ0v) is 36.7. The molecule has 2 aromatic heterocycles. The third-order valence-corrected chi connectivity index (χ3v) is 15.0. The molecule has 0 fully saturated rings. The number of para-hydroxylation sites is 3. The lowest BCUT2D eigenvalue weighted by Crippen LogP contribution is -2.37. The van der Waals surface area contributed by atoms with Crippen LogP contribution in [0.25, 0.3) is 58.8 Å². The molecule has 5 heteroatoms. The number of nitrogens with one attached hydrogen (secondary N) is 1. The topological polar surface area (TPSA) is 20.2 Å². The first-order valence-electron chi connectivity index (χ1n) is 22.0. The number of rotatable bonds is 6. The van der Waals surface area contributed by atoms with E-state index in [4.69, 9.17) is 0 Å². The number of benzene rings is 8. The summed E-state index contributed by atoms with van der Waals surface area (Å²) in [6.07, 6.45) is 2.32. The van der Waals surface area contributed by atoms with Crippen molar-refractivity contribution in [1.82, 2.24) is 4.57 Å². The highest BCUT2D eigenvalue weighted by Gasteiger charge is 2.39. The molecule has 0 saturated carbocycles. The second-order valence-electron chi connectivity index (χ2n) is 18.8. The maximum atomic E-state index is 3.85. The summed E-state index contributed by atoms with van der Waals surface area (Å²) in [6.45, 7) is 12.0. The van der Waals surface area contributed by atoms with Crippen LogP contribution in [0.5, 0.6) is 0 Å². The molecule has 0 unspecified atom stereocenters. The van der Waals surface area contributed by atoms with E-state index in [9.17, 15) is 0 Å². The Balaban J connectivity index is 1.27. The number of aromatic nitrogens is 1. The van der Waals surface area contributed by atoms with Gasteiger partial charge in [0.05, 0.1) is 16.7 Å². The van der Waals surface area contributed by atoms with E-state index in [-0.39, 0.29) is 10.8 Å². The molecule has 0 amide bonds. The normalized spacial score (nSPS) is 14.8. The van der Waals surface area contributed by atoms with Crippen LogP contribution in [0.2, 0.25) is 0 Å². The molecule has 299 valence electrons. The predicted molar refractivity (Wildman–Crippen MR) is 269 cm³/mol. The zero-order valence-electron chi connectivity index (χ0n) is 35.9. The molecule has 0 spiro atoms. The maximum Gasteiger partial charge on any atom is 0.197 e. The van der Waals surface area contributed by atoms with E-state index in [1.807, 2.05) is 11.3 Å². The van der Waals surface area contributed by atoms with E-state index in [0.29, 0.717) is 0 Å². The number of nitrogens with zero attached hydrogens (tertiary/aromatic N) is 2. The minimum Gasteiger partial charge on any atom is -0.355 e. The first-order valence-corrected chi connectivity index (χ1v) is 22.8. The SMILES string of the molecule is Cc1ccc(Nc2ccccc2-c2cc(N(c3ccccc3)c3ccccc3)c3c4cc5c(cc4n4c3c2[B]c2cc3sc6ccccc6c3cc2-4)C(C)(C)CCC5(C)C)cc1. The van der Waals surface area contributed by atoms with Crippen LogP contribution in [-0.4, -0.2) is 11.8 Å². The molecule has 0 saturated heterocycles. The van der Waals surface area contributed by atoms with Gasteiger partial charge >= 0.3 is 0 Å². The number of thiophene rings is 1. The third-order valence-electron chi connectivity index (χ3n) is 13.9. The quantitative estimate of drug-likeness (QED) is 0.169. The Morgan fingerprint density at radius 1 is 0.597 bits per heavy atom. The van der Waals surface area contributed by atoms with Gasteiger partial charge in [0.25, 0.3) is 0 Å². The number of fused-ring (bicyclic) bond motifs is 9. The Morgan fingerprint density at radius 2 is 1.24 bits per heavy atom. The van der Waals surface area contributed by atoms with Gasteiger partial charge in [-0.05, 0) is 132 Å². The van der Waals surface area contributed by atoms with Gasteiger partial charge in [-0.15, -0.1) is 11.3 Å². The molecular weight excluding hydrogens is 770 g/mol. The average molecular weight is 817 g/mol. The monoisotopic (exact) mass is 816 g/mol. The van der Waals surface area contributed by atoms with E-state index in [1.54, 1.807) is 0 Å². The predicted octanol–water partition coefficient (Wildman–Crippen LogP) is 14.7. The van der Waals surface area contributed by atoms with Crippen molar-refractivity contribution in [3.8, 4) is 16.8 Å². The van der Waals surface area contributed by atoms with Gasteiger partial charge in [-0.1, -0.05) is 124 Å². The molecule has 8 aromatic carbocycles. The van der Waals surface area contributed by atoms with Crippen molar-refractivity contribution in [3.63, 3.8) is 0 Å². The molecule has 3 nitrogen and oxygen atoms in total. The van der Waals surface area contributed by atoms with Crippen LogP contribution in [0.1, 0.15) is 57.2 Å². The fourth-order valence-corrected chi connectivity index (χ4v) is 11.6. The van der Waals surface area contributed by atoms with Crippen molar-refractivity contribution in [2.75, 3.05) is 10.2 Å². The van der Waals surface area contributed by atoms with Crippen molar-refractivity contribution >= 4 is 100.0 Å². The van der Waals surface area contributed by atoms with Crippen LogP contribution >= 0.6 is 11.3 Å². The summed E-state index contributed by atoms with van der Waals surface area (Å²) >= 11 is 1.89. The number of aryl methyl sites for hydroxylation is 1. The summed E-state index contributed by atoms with van der Waals surface area (Å²) in [5, 5.41) is 9.05. The van der Waals surface area contributed by atoms with E-state index in [1.165, 1.54) is 80.8 Å². The van der Waals surface area contributed by atoms with Gasteiger partial charge in [-0.2, -0.15) is 0 Å². The molecule has 12 rings (SSSR count). The molecule has 0 bridgehead atoms. The zero-order chi connectivity index (χ0) is 41.9. The van der Waals surface area contributed by atoms with Crippen LogP contribution in [0, 0.1) is 6.92 Å². The minimum atomic E-state index is 0.0432. The van der Waals surface area contributed by atoms with Crippen LogP contribution in [-0.2, 0) is 10.8 Å². The molecule has 1 N–H and O–H groups in total. The molecule has 1 aliphatic heterocycles. The van der Waals surface area contributed by atoms with Gasteiger partial charge in [0.1, 0.15) is 0 Å². The van der Waals surface area contributed by atoms with E-state index in [2.05, 4.69) is 220 Å². The Hall–Kier alpha value is -6.56. The lowest BCUT2D eigenvalue weighted by atomic mass is 9.59. The second kappa shape index (κ2) is 13.7. The lowest BCUT2D eigenvalue weighted by molar-refractivity contribution is 0.332. The van der Waals surface area contributed by atoms with Crippen LogP contribution < -0.4 is 21.1 Å². The van der Waals surface area contributed by atoms with Gasteiger partial charge in [-0.25, -0.2) is 0 Å². The molecule has 1 aliphatic carbocycles. The van der Waals surface area contributed by atoms with Crippen molar-refractivity contribution in [2.45, 2.75) is 58.3 Å². The van der Waals surface area contributed by atoms with Crippen molar-refractivity contribution in [3.05, 3.63) is 180 Å². The summed E-state index contributed by atoms with van der Waals surface area (Å²) < 4.78 is 5.29. The number of anilines is 5. The van der Waals surface area contributed by atoms with E-state index in [0.717, 1.165) is 46.8 Å². The van der Waals surface area contributed by atoms with Crippen LogP contribution in [0.15, 0.2) is 164 Å². The second-order valence-corrected chi connectivity index (χ2v) is 19.9. The molecule has 1 radical (unpaired) electrons. The number of hydrogen-bond acceptors (Lipinski definition) is 3. The smallest absolute Gasteiger partial charge is 0.197 e. The van der Waals surface area contributed by atoms with Gasteiger partial charge in [0.2, 0.25) is 0 Å². The summed E-state index contributed by atoms with van der Waals surface area (Å²) in [6, 6.07) is 60.9. The maximum absolute atomic E-state index is 3.85. The fraction of sp³-hybridized carbons (Fsp3) is 0.158. The third kappa shape index (κ3) is 5.71. The van der Waals surface area contributed by atoms with Crippen LogP contribution in [0.4, 0.5) is 28.4 Å². The highest BCUT2D eigenvalue weighted by atomic mass is 32.1. The average Bonchev–Trinajstić information content (AvgIpc) is 3.83. The molecule has 62 heavy (non-hydrogen) atoms. The molecule has 0 atom stereocenters. The summed E-state index contributed by atoms with van der Waals surface area (Å²) in [7, 11) is 2.49. The molecule has 10 aromatic rings. The van der Waals surface area contributed by atoms with Gasteiger partial charge in [0, 0.05) is 64.9 Å². The fourth-order valence-electron chi connectivity index (χ4n) is 10.5. The lowest BCUT2D eigenvalue weighted by Gasteiger charge is -2.42. The van der Waals surface area contributed by atoms with Crippen LogP contribution in [0.3, 0.4) is 0 Å². The standard InChI is InChI=1S/C57H47BN3S/c1-35-24-26-36(27-25-35)59-47-22-14-12-20-39(47)42-32-50(60(37-16-8-6-9-17-37)38-18-10-7-11-19-38)53-43-30-44-45(57(4,5)29-28-56(44,2)3)33-48(43)61-49-31-41-40-21-13-15-23-51(40)62-52(41)34-46(49)58-54(42)55(53)61/h6-27,30-34,59H,28-29H2,1-5H3. The highest BCUT2D eigenvalue weighted by Crippen LogP contribution is 2.52. The van der Waals surface area contributed by atoms with Crippen molar-refractivity contribution < 1.29 is 0 Å². The van der Waals surface area contributed by atoms with E-state index < -0.39 is 0 Å². The van der Waals surface area contributed by atoms with Crippen molar-refractivity contribution in [1.29, 1.82) is 0 Å². The Bertz CT molecular complexity index is 3370. The first-order chi connectivity index (χ1) is 30.1.